The Hall–Kier alpha value is -2.01. The molecular weight excluding hydrogens is 290 g/mol. The number of piperidine rings is 1. The first-order chi connectivity index (χ1) is 11.1. The summed E-state index contributed by atoms with van der Waals surface area (Å²) in [5.41, 5.74) is 1.93. The highest BCUT2D eigenvalue weighted by atomic mass is 16.3. The van der Waals surface area contributed by atoms with Crippen molar-refractivity contribution in [3.8, 4) is 0 Å². The zero-order chi connectivity index (χ0) is 16.4. The van der Waals surface area contributed by atoms with Gasteiger partial charge in [0.1, 0.15) is 0 Å². The fraction of sp³-hybridized carbons (Fsp3) is 0.500. The normalized spacial score (nSPS) is 21.6. The molecule has 23 heavy (non-hydrogen) atoms. The molecule has 0 radical (unpaired) electrons. The Kier molecular flexibility index (Phi) is 4.57. The lowest BCUT2D eigenvalue weighted by Gasteiger charge is -2.34. The van der Waals surface area contributed by atoms with Crippen LogP contribution in [-0.4, -0.2) is 39.8 Å². The molecule has 1 aliphatic heterocycles. The van der Waals surface area contributed by atoms with Crippen molar-refractivity contribution in [2.24, 2.45) is 5.92 Å². The van der Waals surface area contributed by atoms with Gasteiger partial charge in [-0.1, -0.05) is 19.9 Å². The maximum absolute atomic E-state index is 12.4. The van der Waals surface area contributed by atoms with E-state index in [0.717, 1.165) is 30.6 Å². The topological polar surface area (TPSA) is 57.5 Å². The van der Waals surface area contributed by atoms with E-state index in [4.69, 9.17) is 0 Å². The van der Waals surface area contributed by atoms with Crippen LogP contribution in [0.5, 0.6) is 0 Å². The molecule has 0 saturated carbocycles. The fourth-order valence-electron chi connectivity index (χ4n) is 3.13. The summed E-state index contributed by atoms with van der Waals surface area (Å²) in [5, 5.41) is 14.1. The number of carbonyl (C=O) groups is 1. The third kappa shape index (κ3) is 3.34. The van der Waals surface area contributed by atoms with E-state index in [1.165, 1.54) is 5.39 Å². The Morgan fingerprint density at radius 3 is 2.96 bits per heavy atom. The van der Waals surface area contributed by atoms with Crippen LogP contribution in [0.4, 0.5) is 10.5 Å². The van der Waals surface area contributed by atoms with Crippen molar-refractivity contribution < 1.29 is 9.90 Å². The van der Waals surface area contributed by atoms with Crippen LogP contribution in [-0.2, 0) is 6.54 Å². The number of aryl methyl sites for hydroxylation is 1. The summed E-state index contributed by atoms with van der Waals surface area (Å²) in [6.45, 7) is 6.24. The second kappa shape index (κ2) is 6.62. The molecule has 1 aromatic carbocycles. The predicted octanol–water partition coefficient (Wildman–Crippen LogP) is 3.29. The average Bonchev–Trinajstić information content (AvgIpc) is 2.93. The molecule has 3 rings (SSSR count). The van der Waals surface area contributed by atoms with Crippen LogP contribution in [0.2, 0.25) is 0 Å². The van der Waals surface area contributed by atoms with Gasteiger partial charge in [-0.3, -0.25) is 0 Å². The third-order valence-corrected chi connectivity index (χ3v) is 4.70. The Morgan fingerprint density at radius 1 is 1.39 bits per heavy atom. The van der Waals surface area contributed by atoms with E-state index < -0.39 is 6.10 Å². The standard InChI is InChI=1S/C18H25N3O2/c1-3-8-20-10-7-14-4-5-15(11-16(14)20)19-18(23)21-9-6-13(2)17(22)12-21/h4-5,7,10-11,13,17,22H,3,6,8-9,12H2,1-2H3,(H,19,23). The van der Waals surface area contributed by atoms with Crippen LogP contribution >= 0.6 is 0 Å². The molecule has 2 amide bonds. The lowest BCUT2D eigenvalue weighted by atomic mass is 9.96. The monoisotopic (exact) mass is 315 g/mol. The van der Waals surface area contributed by atoms with Crippen molar-refractivity contribution in [3.63, 3.8) is 0 Å². The fourth-order valence-corrected chi connectivity index (χ4v) is 3.13. The van der Waals surface area contributed by atoms with E-state index in [1.807, 2.05) is 25.1 Å². The number of hydrogen-bond donors (Lipinski definition) is 2. The van der Waals surface area contributed by atoms with Gasteiger partial charge in [0.2, 0.25) is 0 Å². The number of aliphatic hydroxyl groups excluding tert-OH is 1. The number of benzene rings is 1. The van der Waals surface area contributed by atoms with Gasteiger partial charge < -0.3 is 19.9 Å². The minimum Gasteiger partial charge on any atom is -0.391 e. The van der Waals surface area contributed by atoms with E-state index in [2.05, 4.69) is 29.1 Å². The van der Waals surface area contributed by atoms with Crippen molar-refractivity contribution in [2.45, 2.75) is 39.3 Å². The van der Waals surface area contributed by atoms with Crippen molar-refractivity contribution in [2.75, 3.05) is 18.4 Å². The number of urea groups is 1. The van der Waals surface area contributed by atoms with E-state index in [0.29, 0.717) is 13.1 Å². The Labute approximate surface area is 136 Å². The van der Waals surface area contributed by atoms with Gasteiger partial charge in [0.25, 0.3) is 0 Å². The van der Waals surface area contributed by atoms with Crippen molar-refractivity contribution in [3.05, 3.63) is 30.5 Å². The molecular formula is C18H25N3O2. The number of carbonyl (C=O) groups excluding carboxylic acids is 1. The van der Waals surface area contributed by atoms with E-state index in [9.17, 15) is 9.90 Å². The summed E-state index contributed by atoms with van der Waals surface area (Å²) in [4.78, 5) is 14.1. The highest BCUT2D eigenvalue weighted by Crippen LogP contribution is 2.22. The number of amides is 2. The molecule has 1 saturated heterocycles. The maximum Gasteiger partial charge on any atom is 0.321 e. The molecule has 5 heteroatoms. The largest absolute Gasteiger partial charge is 0.391 e. The van der Waals surface area contributed by atoms with Crippen molar-refractivity contribution in [1.82, 2.24) is 9.47 Å². The summed E-state index contributed by atoms with van der Waals surface area (Å²) in [6, 6.07) is 7.94. The van der Waals surface area contributed by atoms with E-state index >= 15 is 0 Å². The number of aliphatic hydroxyl groups is 1. The SMILES string of the molecule is CCCn1ccc2ccc(NC(=O)N3CCC(C)C(O)C3)cc21. The second-order valence-corrected chi connectivity index (χ2v) is 6.49. The summed E-state index contributed by atoms with van der Waals surface area (Å²) in [6.07, 6.45) is 3.57. The lowest BCUT2D eigenvalue weighted by Crippen LogP contribution is -2.47. The quantitative estimate of drug-likeness (QED) is 0.913. The van der Waals surface area contributed by atoms with Gasteiger partial charge in [0, 0.05) is 31.5 Å². The molecule has 2 unspecified atom stereocenters. The number of β-amino-alcohol motifs (C(OH)–C–C–N with tert-alkyl or cyclic N) is 1. The minimum absolute atomic E-state index is 0.135. The number of fused-ring (bicyclic) bond motifs is 1. The van der Waals surface area contributed by atoms with E-state index in [-0.39, 0.29) is 11.9 Å². The number of nitrogens with one attached hydrogen (secondary N) is 1. The molecule has 0 spiro atoms. The Balaban J connectivity index is 1.73. The molecule has 5 nitrogen and oxygen atoms in total. The van der Waals surface area contributed by atoms with Gasteiger partial charge in [-0.15, -0.1) is 0 Å². The van der Waals surface area contributed by atoms with Crippen LogP contribution in [0.25, 0.3) is 10.9 Å². The van der Waals surface area contributed by atoms with Crippen LogP contribution in [0.3, 0.4) is 0 Å². The summed E-state index contributed by atoms with van der Waals surface area (Å²) < 4.78 is 2.21. The molecule has 2 aromatic rings. The Bertz CT molecular complexity index is 695. The van der Waals surface area contributed by atoms with Gasteiger partial charge in [0.05, 0.1) is 11.6 Å². The van der Waals surface area contributed by atoms with Crippen molar-refractivity contribution >= 4 is 22.6 Å². The van der Waals surface area contributed by atoms with Crippen LogP contribution < -0.4 is 5.32 Å². The minimum atomic E-state index is -0.432. The molecule has 2 N–H and O–H groups in total. The Morgan fingerprint density at radius 2 is 2.22 bits per heavy atom. The van der Waals surface area contributed by atoms with Gasteiger partial charge >= 0.3 is 6.03 Å². The first-order valence-electron chi connectivity index (χ1n) is 8.41. The number of anilines is 1. The van der Waals surface area contributed by atoms with Gasteiger partial charge in [-0.05, 0) is 42.3 Å². The molecule has 2 heterocycles. The number of nitrogens with zero attached hydrogens (tertiary/aromatic N) is 2. The number of hydrogen-bond acceptors (Lipinski definition) is 2. The zero-order valence-electron chi connectivity index (χ0n) is 13.8. The smallest absolute Gasteiger partial charge is 0.321 e. The summed E-state index contributed by atoms with van der Waals surface area (Å²) >= 11 is 0. The highest BCUT2D eigenvalue weighted by Gasteiger charge is 2.27. The summed E-state index contributed by atoms with van der Waals surface area (Å²) in [5.74, 6) is 0.257. The van der Waals surface area contributed by atoms with Crippen molar-refractivity contribution in [1.29, 1.82) is 0 Å². The first kappa shape index (κ1) is 15.9. The maximum atomic E-state index is 12.4. The molecule has 0 aliphatic carbocycles. The summed E-state index contributed by atoms with van der Waals surface area (Å²) in [7, 11) is 0. The molecule has 124 valence electrons. The zero-order valence-corrected chi connectivity index (χ0v) is 13.8. The van der Waals surface area contributed by atoms with Gasteiger partial charge in [0.15, 0.2) is 0 Å². The predicted molar refractivity (Wildman–Crippen MR) is 92.6 cm³/mol. The highest BCUT2D eigenvalue weighted by molar-refractivity contribution is 5.93. The molecule has 2 atom stereocenters. The molecule has 1 fully saturated rings. The molecule has 1 aliphatic rings. The number of likely N-dealkylation sites (tertiary alicyclic amines) is 1. The van der Waals surface area contributed by atoms with Gasteiger partial charge in [-0.2, -0.15) is 0 Å². The third-order valence-electron chi connectivity index (χ3n) is 4.70. The lowest BCUT2D eigenvalue weighted by molar-refractivity contribution is 0.0464. The number of rotatable bonds is 3. The molecule has 0 bridgehead atoms. The van der Waals surface area contributed by atoms with Gasteiger partial charge in [-0.25, -0.2) is 4.79 Å². The van der Waals surface area contributed by atoms with Crippen LogP contribution in [0.1, 0.15) is 26.7 Å². The van der Waals surface area contributed by atoms with E-state index in [1.54, 1.807) is 4.90 Å². The second-order valence-electron chi connectivity index (χ2n) is 6.49. The van der Waals surface area contributed by atoms with Crippen LogP contribution in [0, 0.1) is 5.92 Å². The molecule has 1 aromatic heterocycles. The first-order valence-corrected chi connectivity index (χ1v) is 8.41. The average molecular weight is 315 g/mol. The number of aromatic nitrogens is 1. The van der Waals surface area contributed by atoms with Crippen LogP contribution in [0.15, 0.2) is 30.5 Å².